The van der Waals surface area contributed by atoms with Crippen LogP contribution in [0.2, 0.25) is 0 Å². The molecule has 0 radical (unpaired) electrons. The first-order valence-electron chi connectivity index (χ1n) is 7.08. The van der Waals surface area contributed by atoms with Crippen LogP contribution in [0.15, 0.2) is 42.7 Å². The lowest BCUT2D eigenvalue weighted by atomic mass is 10.1. The normalized spacial score (nSPS) is 27.7. The molecule has 23 heavy (non-hydrogen) atoms. The first-order chi connectivity index (χ1) is 11.1. The van der Waals surface area contributed by atoms with Crippen molar-refractivity contribution in [3.8, 4) is 16.9 Å². The largest absolute Gasteiger partial charge is 0.475 e. The van der Waals surface area contributed by atoms with Gasteiger partial charge in [-0.25, -0.2) is 4.39 Å². The lowest BCUT2D eigenvalue weighted by Crippen LogP contribution is -2.50. The van der Waals surface area contributed by atoms with E-state index in [1.165, 1.54) is 30.2 Å². The van der Waals surface area contributed by atoms with Gasteiger partial charge in [0.15, 0.2) is 5.44 Å². The molecule has 0 saturated carbocycles. The van der Waals surface area contributed by atoms with E-state index < -0.39 is 23.7 Å². The van der Waals surface area contributed by atoms with Crippen LogP contribution in [0.25, 0.3) is 11.1 Å². The summed E-state index contributed by atoms with van der Waals surface area (Å²) >= 11 is 1.20. The maximum Gasteiger partial charge on any atom is 0.173 e. The molecule has 0 aliphatic carbocycles. The minimum atomic E-state index is -1.26. The molecular weight excluding hydrogens is 321 g/mol. The summed E-state index contributed by atoms with van der Waals surface area (Å²) in [7, 11) is 0. The third kappa shape index (κ3) is 3.48. The molecule has 3 rings (SSSR count). The molecular formula is C16H16FNO4S. The van der Waals surface area contributed by atoms with E-state index in [1.807, 2.05) is 0 Å². The molecule has 1 aliphatic rings. The number of hydrogen-bond acceptors (Lipinski definition) is 6. The summed E-state index contributed by atoms with van der Waals surface area (Å²) in [6.07, 6.45) is -0.494. The summed E-state index contributed by atoms with van der Waals surface area (Å²) in [6.45, 7) is 0. The molecule has 1 aromatic carbocycles. The van der Waals surface area contributed by atoms with Crippen LogP contribution in [-0.2, 0) is 0 Å². The minimum Gasteiger partial charge on any atom is -0.475 e. The van der Waals surface area contributed by atoms with Crippen LogP contribution < -0.4 is 4.74 Å². The maximum absolute atomic E-state index is 13.8. The van der Waals surface area contributed by atoms with Crippen molar-refractivity contribution in [2.45, 2.75) is 23.7 Å². The smallest absolute Gasteiger partial charge is 0.173 e. The number of ether oxygens (including phenoxy) is 1. The standard InChI is InChI=1S/C16H16FNO4S/c17-12-4-2-1-3-11(12)9-5-10(7-18-6-9)22-16-15(21)14(20)13(19)8-23-16/h1-7,13-16,19-21H,8H2/t13-,14+,15-,16+/m1/s1. The van der Waals surface area contributed by atoms with Gasteiger partial charge >= 0.3 is 0 Å². The van der Waals surface area contributed by atoms with E-state index >= 15 is 0 Å². The molecule has 3 N–H and O–H groups in total. The molecule has 1 aromatic heterocycles. The Morgan fingerprint density at radius 2 is 1.91 bits per heavy atom. The summed E-state index contributed by atoms with van der Waals surface area (Å²) in [5.41, 5.74) is 0.223. The molecule has 2 heterocycles. The van der Waals surface area contributed by atoms with E-state index in [9.17, 15) is 19.7 Å². The molecule has 1 saturated heterocycles. The van der Waals surface area contributed by atoms with Gasteiger partial charge in [-0.3, -0.25) is 4.98 Å². The van der Waals surface area contributed by atoms with Gasteiger partial charge in [0.25, 0.3) is 0 Å². The van der Waals surface area contributed by atoms with Crippen LogP contribution in [0.4, 0.5) is 4.39 Å². The van der Waals surface area contributed by atoms with Crippen molar-refractivity contribution in [3.05, 3.63) is 48.5 Å². The highest BCUT2D eigenvalue weighted by molar-refractivity contribution is 7.99. The minimum absolute atomic E-state index is 0.253. The second kappa shape index (κ2) is 6.84. The number of thioether (sulfide) groups is 1. The Bertz CT molecular complexity index is 687. The van der Waals surface area contributed by atoms with Gasteiger partial charge in [0.2, 0.25) is 0 Å². The summed E-state index contributed by atoms with van der Waals surface area (Å²) < 4.78 is 19.5. The number of aromatic nitrogens is 1. The Hall–Kier alpha value is -1.67. The van der Waals surface area contributed by atoms with E-state index in [2.05, 4.69) is 4.98 Å². The SMILES string of the molecule is O[C@@H]1[C@@H](O)[C@@H](Oc2cncc(-c3ccccc3F)c2)SC[C@H]1O. The number of benzene rings is 1. The first-order valence-corrected chi connectivity index (χ1v) is 8.13. The average molecular weight is 337 g/mol. The van der Waals surface area contributed by atoms with Crippen molar-refractivity contribution in [3.63, 3.8) is 0 Å². The van der Waals surface area contributed by atoms with Crippen molar-refractivity contribution < 1.29 is 24.4 Å². The predicted molar refractivity (Wildman–Crippen MR) is 84.5 cm³/mol. The Balaban J connectivity index is 1.80. The van der Waals surface area contributed by atoms with E-state index in [-0.39, 0.29) is 11.6 Å². The van der Waals surface area contributed by atoms with Gasteiger partial charge in [0.1, 0.15) is 23.8 Å². The van der Waals surface area contributed by atoms with Gasteiger partial charge in [-0.2, -0.15) is 0 Å². The number of halogens is 1. The zero-order valence-electron chi connectivity index (χ0n) is 12.0. The van der Waals surface area contributed by atoms with Gasteiger partial charge in [-0.15, -0.1) is 11.8 Å². The fraction of sp³-hybridized carbons (Fsp3) is 0.312. The second-order valence-corrected chi connectivity index (χ2v) is 6.39. The number of nitrogens with zero attached hydrogens (tertiary/aromatic N) is 1. The van der Waals surface area contributed by atoms with Crippen molar-refractivity contribution in [1.29, 1.82) is 0 Å². The fourth-order valence-electron chi connectivity index (χ4n) is 2.34. The molecule has 5 nitrogen and oxygen atoms in total. The Morgan fingerprint density at radius 1 is 1.13 bits per heavy atom. The van der Waals surface area contributed by atoms with E-state index in [0.29, 0.717) is 16.9 Å². The molecule has 0 bridgehead atoms. The number of aliphatic hydroxyl groups is 3. The van der Waals surface area contributed by atoms with E-state index in [4.69, 9.17) is 4.74 Å². The summed E-state index contributed by atoms with van der Waals surface area (Å²) in [5, 5.41) is 29.2. The van der Waals surface area contributed by atoms with E-state index in [1.54, 1.807) is 24.3 Å². The molecule has 1 aliphatic heterocycles. The quantitative estimate of drug-likeness (QED) is 0.786. The predicted octanol–water partition coefficient (Wildman–Crippen LogP) is 1.42. The third-order valence-corrected chi connectivity index (χ3v) is 4.84. The Kier molecular flexibility index (Phi) is 4.82. The summed E-state index contributed by atoms with van der Waals surface area (Å²) in [6, 6.07) is 7.96. The third-order valence-electron chi connectivity index (χ3n) is 3.60. The van der Waals surface area contributed by atoms with Crippen LogP contribution in [0.3, 0.4) is 0 Å². The zero-order valence-corrected chi connectivity index (χ0v) is 12.9. The lowest BCUT2D eigenvalue weighted by Gasteiger charge is -2.34. The monoisotopic (exact) mass is 337 g/mol. The fourth-order valence-corrected chi connectivity index (χ4v) is 3.46. The van der Waals surface area contributed by atoms with Crippen molar-refractivity contribution in [1.82, 2.24) is 4.98 Å². The van der Waals surface area contributed by atoms with Gasteiger partial charge in [0, 0.05) is 23.1 Å². The second-order valence-electron chi connectivity index (χ2n) is 5.26. The lowest BCUT2D eigenvalue weighted by molar-refractivity contribution is -0.0786. The molecule has 0 unspecified atom stereocenters. The van der Waals surface area contributed by atoms with Gasteiger partial charge < -0.3 is 20.1 Å². The zero-order chi connectivity index (χ0) is 16.4. The number of pyridine rings is 1. The molecule has 1 fully saturated rings. The van der Waals surface area contributed by atoms with Crippen LogP contribution in [0.5, 0.6) is 5.75 Å². The molecule has 4 atom stereocenters. The maximum atomic E-state index is 13.8. The van der Waals surface area contributed by atoms with Crippen LogP contribution in [0, 0.1) is 5.82 Å². The van der Waals surface area contributed by atoms with Crippen LogP contribution >= 0.6 is 11.8 Å². The van der Waals surface area contributed by atoms with Crippen molar-refractivity contribution in [2.75, 3.05) is 5.75 Å². The van der Waals surface area contributed by atoms with E-state index in [0.717, 1.165) is 0 Å². The van der Waals surface area contributed by atoms with Gasteiger partial charge in [-0.05, 0) is 12.1 Å². The highest BCUT2D eigenvalue weighted by Gasteiger charge is 2.38. The topological polar surface area (TPSA) is 82.8 Å². The Labute approximate surface area is 136 Å². The molecule has 122 valence electrons. The van der Waals surface area contributed by atoms with Crippen LogP contribution in [-0.4, -0.2) is 49.8 Å². The highest BCUT2D eigenvalue weighted by Crippen LogP contribution is 2.31. The van der Waals surface area contributed by atoms with Crippen molar-refractivity contribution >= 4 is 11.8 Å². The summed E-state index contributed by atoms with van der Waals surface area (Å²) in [4.78, 5) is 4.03. The molecule has 0 amide bonds. The Morgan fingerprint density at radius 3 is 2.70 bits per heavy atom. The molecule has 2 aromatic rings. The molecule has 7 heteroatoms. The highest BCUT2D eigenvalue weighted by atomic mass is 32.2. The van der Waals surface area contributed by atoms with Crippen LogP contribution in [0.1, 0.15) is 0 Å². The summed E-state index contributed by atoms with van der Waals surface area (Å²) in [5.74, 6) is 0.242. The number of rotatable bonds is 3. The van der Waals surface area contributed by atoms with Crippen molar-refractivity contribution in [2.24, 2.45) is 0 Å². The average Bonchev–Trinajstić information content (AvgIpc) is 2.56. The molecule has 0 spiro atoms. The van der Waals surface area contributed by atoms with Gasteiger partial charge in [-0.1, -0.05) is 18.2 Å². The number of aliphatic hydroxyl groups excluding tert-OH is 3. The first kappa shape index (κ1) is 16.2. The number of hydrogen-bond donors (Lipinski definition) is 3. The van der Waals surface area contributed by atoms with Gasteiger partial charge in [0.05, 0.1) is 12.3 Å².